The minimum Gasteiger partial charge on any atom is -0.338 e. The maximum absolute atomic E-state index is 5.32. The SMILES string of the molecule is Cc1noc(CNCCCN)n1. The zero-order valence-corrected chi connectivity index (χ0v) is 7.21. The van der Waals surface area contributed by atoms with E-state index in [4.69, 9.17) is 10.3 Å². The average Bonchev–Trinajstić information content (AvgIpc) is 2.45. The van der Waals surface area contributed by atoms with Gasteiger partial charge in [0.25, 0.3) is 0 Å². The van der Waals surface area contributed by atoms with Gasteiger partial charge in [-0.15, -0.1) is 0 Å². The van der Waals surface area contributed by atoms with Crippen molar-refractivity contribution in [3.63, 3.8) is 0 Å². The number of nitrogens with zero attached hydrogens (tertiary/aromatic N) is 2. The lowest BCUT2D eigenvalue weighted by Gasteiger charge is -1.97. The Balaban J connectivity index is 2.15. The fourth-order valence-electron chi connectivity index (χ4n) is 0.834. The molecular formula is C7H14N4O. The Hall–Kier alpha value is -0.940. The maximum atomic E-state index is 5.32. The Labute approximate surface area is 71.3 Å². The van der Waals surface area contributed by atoms with Gasteiger partial charge in [-0.2, -0.15) is 4.98 Å². The van der Waals surface area contributed by atoms with Gasteiger partial charge in [0.15, 0.2) is 5.82 Å². The standard InChI is InChI=1S/C7H14N4O/c1-6-10-7(12-11-6)5-9-4-2-3-8/h9H,2-5,8H2,1H3. The third-order valence-corrected chi connectivity index (χ3v) is 1.40. The van der Waals surface area contributed by atoms with Crippen LogP contribution < -0.4 is 11.1 Å². The minimum atomic E-state index is 0.626. The summed E-state index contributed by atoms with van der Waals surface area (Å²) in [6.45, 7) is 4.02. The molecule has 0 aromatic carbocycles. The average molecular weight is 170 g/mol. The van der Waals surface area contributed by atoms with Crippen LogP contribution in [0.1, 0.15) is 18.1 Å². The van der Waals surface area contributed by atoms with Gasteiger partial charge in [-0.25, -0.2) is 0 Å². The zero-order chi connectivity index (χ0) is 8.81. The molecule has 3 N–H and O–H groups in total. The molecule has 5 heteroatoms. The molecule has 1 aromatic heterocycles. The molecule has 0 saturated carbocycles. The maximum Gasteiger partial charge on any atom is 0.240 e. The van der Waals surface area contributed by atoms with Crippen LogP contribution in [0.4, 0.5) is 0 Å². The molecule has 1 aromatic rings. The predicted octanol–water partition coefficient (Wildman–Crippen LogP) is -0.184. The highest BCUT2D eigenvalue weighted by atomic mass is 16.5. The molecule has 68 valence electrons. The number of nitrogens with two attached hydrogens (primary N) is 1. The fourth-order valence-corrected chi connectivity index (χ4v) is 0.834. The summed E-state index contributed by atoms with van der Waals surface area (Å²) in [5.41, 5.74) is 5.32. The Morgan fingerprint density at radius 1 is 1.58 bits per heavy atom. The van der Waals surface area contributed by atoms with Crippen LogP contribution in [0.2, 0.25) is 0 Å². The van der Waals surface area contributed by atoms with Crippen LogP contribution in [-0.4, -0.2) is 23.2 Å². The third kappa shape index (κ3) is 2.98. The summed E-state index contributed by atoms with van der Waals surface area (Å²) in [4.78, 5) is 4.04. The molecule has 12 heavy (non-hydrogen) atoms. The highest BCUT2D eigenvalue weighted by Crippen LogP contribution is 1.93. The van der Waals surface area contributed by atoms with Crippen molar-refractivity contribution in [1.29, 1.82) is 0 Å². The first-order chi connectivity index (χ1) is 5.83. The van der Waals surface area contributed by atoms with Crippen LogP contribution in [0.25, 0.3) is 0 Å². The van der Waals surface area contributed by atoms with Crippen molar-refractivity contribution in [3.8, 4) is 0 Å². The van der Waals surface area contributed by atoms with Crippen LogP contribution in [0.3, 0.4) is 0 Å². The quantitative estimate of drug-likeness (QED) is 0.599. The summed E-state index contributed by atoms with van der Waals surface area (Å²) in [6, 6.07) is 0. The Morgan fingerprint density at radius 3 is 3.00 bits per heavy atom. The molecule has 5 nitrogen and oxygen atoms in total. The highest BCUT2D eigenvalue weighted by molar-refractivity contribution is 4.81. The number of aromatic nitrogens is 2. The predicted molar refractivity (Wildman–Crippen MR) is 44.4 cm³/mol. The normalized spacial score (nSPS) is 10.5. The molecule has 0 aliphatic rings. The number of nitrogens with one attached hydrogen (secondary N) is 1. The van der Waals surface area contributed by atoms with E-state index in [1.807, 2.05) is 0 Å². The van der Waals surface area contributed by atoms with Crippen molar-refractivity contribution in [2.24, 2.45) is 5.73 Å². The first kappa shape index (κ1) is 9.15. The second-order valence-electron chi connectivity index (χ2n) is 2.55. The van der Waals surface area contributed by atoms with Gasteiger partial charge in [-0.1, -0.05) is 5.16 Å². The monoisotopic (exact) mass is 170 g/mol. The van der Waals surface area contributed by atoms with Gasteiger partial charge in [0.05, 0.1) is 6.54 Å². The number of hydrogen-bond donors (Lipinski definition) is 2. The molecule has 0 bridgehead atoms. The summed E-state index contributed by atoms with van der Waals surface area (Å²) in [5.74, 6) is 1.30. The Bertz CT molecular complexity index is 223. The van der Waals surface area contributed by atoms with Gasteiger partial charge >= 0.3 is 0 Å². The largest absolute Gasteiger partial charge is 0.338 e. The van der Waals surface area contributed by atoms with Crippen molar-refractivity contribution in [2.45, 2.75) is 19.9 Å². The lowest BCUT2D eigenvalue weighted by atomic mass is 10.4. The summed E-state index contributed by atoms with van der Waals surface area (Å²) in [7, 11) is 0. The molecule has 0 aliphatic carbocycles. The Kier molecular flexibility index (Phi) is 3.69. The summed E-state index contributed by atoms with van der Waals surface area (Å²) in [5, 5.41) is 6.80. The van der Waals surface area contributed by atoms with E-state index in [1.54, 1.807) is 6.92 Å². The summed E-state index contributed by atoms with van der Waals surface area (Å²) in [6.07, 6.45) is 0.965. The Morgan fingerprint density at radius 2 is 2.42 bits per heavy atom. The van der Waals surface area contributed by atoms with Crippen molar-refractivity contribution in [1.82, 2.24) is 15.5 Å². The summed E-state index contributed by atoms with van der Waals surface area (Å²) >= 11 is 0. The van der Waals surface area contributed by atoms with Crippen LogP contribution in [0, 0.1) is 6.92 Å². The molecule has 0 spiro atoms. The fraction of sp³-hybridized carbons (Fsp3) is 0.714. The molecule has 0 radical (unpaired) electrons. The van der Waals surface area contributed by atoms with E-state index in [0.717, 1.165) is 13.0 Å². The van der Waals surface area contributed by atoms with E-state index in [0.29, 0.717) is 24.8 Å². The molecule has 1 rings (SSSR count). The molecule has 0 aliphatic heterocycles. The molecule has 0 fully saturated rings. The first-order valence-corrected chi connectivity index (χ1v) is 4.03. The lowest BCUT2D eigenvalue weighted by Crippen LogP contribution is -2.17. The zero-order valence-electron chi connectivity index (χ0n) is 7.21. The van der Waals surface area contributed by atoms with Gasteiger partial charge in [-0.05, 0) is 26.4 Å². The number of rotatable bonds is 5. The van der Waals surface area contributed by atoms with Crippen molar-refractivity contribution < 1.29 is 4.52 Å². The highest BCUT2D eigenvalue weighted by Gasteiger charge is 1.99. The van der Waals surface area contributed by atoms with Crippen LogP contribution >= 0.6 is 0 Å². The molecule has 0 amide bonds. The number of hydrogen-bond acceptors (Lipinski definition) is 5. The first-order valence-electron chi connectivity index (χ1n) is 4.03. The molecule has 0 saturated heterocycles. The van der Waals surface area contributed by atoms with Gasteiger partial charge in [-0.3, -0.25) is 0 Å². The van der Waals surface area contributed by atoms with Gasteiger partial charge in [0.2, 0.25) is 5.89 Å². The van der Waals surface area contributed by atoms with E-state index in [-0.39, 0.29) is 0 Å². The van der Waals surface area contributed by atoms with E-state index in [2.05, 4.69) is 15.5 Å². The van der Waals surface area contributed by atoms with Crippen molar-refractivity contribution >= 4 is 0 Å². The van der Waals surface area contributed by atoms with Crippen molar-refractivity contribution in [2.75, 3.05) is 13.1 Å². The molecular weight excluding hydrogens is 156 g/mol. The van der Waals surface area contributed by atoms with Crippen LogP contribution in [0.5, 0.6) is 0 Å². The molecule has 0 unspecified atom stereocenters. The van der Waals surface area contributed by atoms with Crippen LogP contribution in [0.15, 0.2) is 4.52 Å². The van der Waals surface area contributed by atoms with E-state index < -0.39 is 0 Å². The van der Waals surface area contributed by atoms with Gasteiger partial charge in [0, 0.05) is 0 Å². The third-order valence-electron chi connectivity index (χ3n) is 1.40. The molecule has 0 atom stereocenters. The van der Waals surface area contributed by atoms with Crippen LogP contribution in [-0.2, 0) is 6.54 Å². The summed E-state index contributed by atoms with van der Waals surface area (Å²) < 4.78 is 4.89. The van der Waals surface area contributed by atoms with E-state index >= 15 is 0 Å². The second kappa shape index (κ2) is 4.84. The minimum absolute atomic E-state index is 0.626. The lowest BCUT2D eigenvalue weighted by molar-refractivity contribution is 0.364. The molecule has 1 heterocycles. The van der Waals surface area contributed by atoms with Gasteiger partial charge < -0.3 is 15.6 Å². The topological polar surface area (TPSA) is 77.0 Å². The second-order valence-corrected chi connectivity index (χ2v) is 2.55. The van der Waals surface area contributed by atoms with E-state index in [1.165, 1.54) is 0 Å². The smallest absolute Gasteiger partial charge is 0.240 e. The van der Waals surface area contributed by atoms with E-state index in [9.17, 15) is 0 Å². The van der Waals surface area contributed by atoms with Gasteiger partial charge in [0.1, 0.15) is 0 Å². The number of aryl methyl sites for hydroxylation is 1. The van der Waals surface area contributed by atoms with Crippen molar-refractivity contribution in [3.05, 3.63) is 11.7 Å².